The van der Waals surface area contributed by atoms with Gasteiger partial charge in [0.05, 0.1) is 0 Å². The van der Waals surface area contributed by atoms with E-state index in [9.17, 15) is 9.59 Å². The highest BCUT2D eigenvalue weighted by Gasteiger charge is 2.58. The fourth-order valence-corrected chi connectivity index (χ4v) is 6.28. The van der Waals surface area contributed by atoms with Crippen LogP contribution in [0.15, 0.2) is 72.8 Å². The fourth-order valence-electron chi connectivity index (χ4n) is 6.28. The summed E-state index contributed by atoms with van der Waals surface area (Å²) in [7, 11) is 0. The molecule has 0 N–H and O–H groups in total. The van der Waals surface area contributed by atoms with E-state index in [1.54, 1.807) is 0 Å². The predicted octanol–water partition coefficient (Wildman–Crippen LogP) is 4.69. The van der Waals surface area contributed by atoms with E-state index in [2.05, 4.69) is 58.0 Å². The lowest BCUT2D eigenvalue weighted by Gasteiger charge is -2.44. The molecule has 3 aromatic rings. The first kappa shape index (κ1) is 23.1. The number of rotatable bonds is 5. The molecule has 0 atom stereocenters. The molecule has 2 fully saturated rings. The average Bonchev–Trinajstić information content (AvgIpc) is 3.53. The van der Waals surface area contributed by atoms with E-state index in [-0.39, 0.29) is 11.6 Å². The van der Waals surface area contributed by atoms with E-state index in [1.807, 2.05) is 36.4 Å². The van der Waals surface area contributed by atoms with Gasteiger partial charge in [0, 0.05) is 62.6 Å². The Balaban J connectivity index is 1.35. The van der Waals surface area contributed by atoms with Gasteiger partial charge in [-0.3, -0.25) is 19.4 Å². The van der Waals surface area contributed by atoms with Crippen LogP contribution in [0.5, 0.6) is 0 Å². The third-order valence-corrected chi connectivity index (χ3v) is 8.31. The molecule has 184 valence electrons. The first-order valence-electron chi connectivity index (χ1n) is 13.1. The quantitative estimate of drug-likeness (QED) is 0.497. The van der Waals surface area contributed by atoms with Crippen molar-refractivity contribution in [1.82, 2.24) is 9.80 Å². The lowest BCUT2D eigenvalue weighted by Crippen LogP contribution is -2.60. The van der Waals surface area contributed by atoms with Crippen LogP contribution in [-0.2, 0) is 12.1 Å². The van der Waals surface area contributed by atoms with Crippen molar-refractivity contribution in [3.8, 4) is 0 Å². The maximum atomic E-state index is 14.2. The molecular formula is C31H33N3O2. The molecule has 0 spiro atoms. The minimum Gasteiger partial charge on any atom is -0.372 e. The van der Waals surface area contributed by atoms with Crippen molar-refractivity contribution in [2.24, 2.45) is 0 Å². The zero-order valence-electron chi connectivity index (χ0n) is 21.0. The minimum atomic E-state index is -1.28. The highest BCUT2D eigenvalue weighted by molar-refractivity contribution is 6.32. The molecule has 0 saturated carbocycles. The van der Waals surface area contributed by atoms with Crippen molar-refractivity contribution in [1.29, 1.82) is 0 Å². The Hall–Kier alpha value is -3.28. The third kappa shape index (κ3) is 3.69. The Morgan fingerprint density at radius 3 is 2.03 bits per heavy atom. The summed E-state index contributed by atoms with van der Waals surface area (Å²) in [6, 6.07) is 24.1. The molecule has 2 heterocycles. The van der Waals surface area contributed by atoms with E-state index in [0.29, 0.717) is 24.2 Å². The summed E-state index contributed by atoms with van der Waals surface area (Å²) < 4.78 is 0. The highest BCUT2D eigenvalue weighted by atomic mass is 16.2. The average molecular weight is 480 g/mol. The van der Waals surface area contributed by atoms with Crippen molar-refractivity contribution < 1.29 is 9.59 Å². The van der Waals surface area contributed by atoms with Gasteiger partial charge in [0.1, 0.15) is 0 Å². The summed E-state index contributed by atoms with van der Waals surface area (Å²) >= 11 is 0. The normalized spacial score (nSPS) is 20.2. The number of benzene rings is 3. The number of carbonyl (C=O) groups excluding carboxylic acids is 2. The van der Waals surface area contributed by atoms with Gasteiger partial charge in [-0.25, -0.2) is 0 Å². The molecule has 1 aliphatic carbocycles. The summed E-state index contributed by atoms with van der Waals surface area (Å²) in [6.45, 7) is 8.07. The summed E-state index contributed by atoms with van der Waals surface area (Å²) in [5.74, 6) is -0.150. The number of aryl methyl sites for hydroxylation is 1. The molecule has 0 unspecified atom stereocenters. The standard InChI is InChI=1S/C31H33N3O2/c1-23-9-2-3-10-24(23)22-32-17-19-34(20-18-32)31(29(35)27-13-4-5-14-28(27)30(31)36)25-11-8-12-26(21-25)33-15-6-7-16-33/h2-5,8-14,21H,6-7,15-20,22H2,1H3. The summed E-state index contributed by atoms with van der Waals surface area (Å²) in [5.41, 5.74) is 4.37. The van der Waals surface area contributed by atoms with Crippen LogP contribution in [0.2, 0.25) is 0 Å². The van der Waals surface area contributed by atoms with E-state index in [0.717, 1.165) is 44.0 Å². The lowest BCUT2D eigenvalue weighted by atomic mass is 9.82. The monoisotopic (exact) mass is 479 g/mol. The van der Waals surface area contributed by atoms with Crippen molar-refractivity contribution in [2.75, 3.05) is 44.2 Å². The van der Waals surface area contributed by atoms with Crippen LogP contribution in [0.3, 0.4) is 0 Å². The largest absolute Gasteiger partial charge is 0.372 e. The number of anilines is 1. The number of carbonyl (C=O) groups is 2. The molecule has 36 heavy (non-hydrogen) atoms. The summed E-state index contributed by atoms with van der Waals surface area (Å²) in [4.78, 5) is 35.3. The third-order valence-electron chi connectivity index (χ3n) is 8.31. The second-order valence-electron chi connectivity index (χ2n) is 10.3. The first-order valence-corrected chi connectivity index (χ1v) is 13.1. The van der Waals surface area contributed by atoms with Gasteiger partial charge in [-0.15, -0.1) is 0 Å². The van der Waals surface area contributed by atoms with E-state index < -0.39 is 5.54 Å². The van der Waals surface area contributed by atoms with Crippen LogP contribution in [-0.4, -0.2) is 60.6 Å². The Labute approximate surface area is 213 Å². The second-order valence-corrected chi connectivity index (χ2v) is 10.3. The molecule has 2 saturated heterocycles. The SMILES string of the molecule is Cc1ccccc1CN1CCN(C2(c3cccc(N4CCCC4)c3)C(=O)c3ccccc3C2=O)CC1. The molecule has 3 aliphatic rings. The topological polar surface area (TPSA) is 43.9 Å². The summed E-state index contributed by atoms with van der Waals surface area (Å²) in [6.07, 6.45) is 2.36. The number of hydrogen-bond acceptors (Lipinski definition) is 5. The fraction of sp³-hybridized carbons (Fsp3) is 0.355. The van der Waals surface area contributed by atoms with Crippen molar-refractivity contribution in [3.63, 3.8) is 0 Å². The second kappa shape index (κ2) is 9.30. The maximum absolute atomic E-state index is 14.2. The lowest BCUT2D eigenvalue weighted by molar-refractivity contribution is 0.0279. The molecule has 0 aromatic heterocycles. The minimum absolute atomic E-state index is 0.0750. The van der Waals surface area contributed by atoms with Crippen LogP contribution in [0.4, 0.5) is 5.69 Å². The Kier molecular flexibility index (Phi) is 5.98. The van der Waals surface area contributed by atoms with Crippen molar-refractivity contribution >= 4 is 17.3 Å². The molecule has 2 aliphatic heterocycles. The zero-order chi connectivity index (χ0) is 24.7. The number of nitrogens with zero attached hydrogens (tertiary/aromatic N) is 3. The van der Waals surface area contributed by atoms with Crippen LogP contribution in [0.25, 0.3) is 0 Å². The van der Waals surface area contributed by atoms with E-state index in [4.69, 9.17) is 0 Å². The Morgan fingerprint density at radius 2 is 1.36 bits per heavy atom. The van der Waals surface area contributed by atoms with Crippen molar-refractivity contribution in [3.05, 3.63) is 101 Å². The molecule has 3 aromatic carbocycles. The highest BCUT2D eigenvalue weighted by Crippen LogP contribution is 2.44. The molecule has 5 heteroatoms. The molecule has 6 rings (SSSR count). The van der Waals surface area contributed by atoms with Gasteiger partial charge in [0.25, 0.3) is 0 Å². The van der Waals surface area contributed by atoms with Gasteiger partial charge in [-0.2, -0.15) is 0 Å². The molecule has 0 bridgehead atoms. The van der Waals surface area contributed by atoms with Gasteiger partial charge in [0.2, 0.25) is 0 Å². The van der Waals surface area contributed by atoms with Gasteiger partial charge >= 0.3 is 0 Å². The molecule has 0 amide bonds. The molecular weight excluding hydrogens is 446 g/mol. The molecule has 0 radical (unpaired) electrons. The molecule has 5 nitrogen and oxygen atoms in total. The maximum Gasteiger partial charge on any atom is 0.196 e. The number of Topliss-reactive ketones (excluding diaryl/α,β-unsaturated/α-hetero) is 2. The smallest absolute Gasteiger partial charge is 0.196 e. The van der Waals surface area contributed by atoms with Crippen LogP contribution in [0.1, 0.15) is 50.2 Å². The number of piperazine rings is 1. The van der Waals surface area contributed by atoms with Gasteiger partial charge in [0.15, 0.2) is 17.1 Å². The van der Waals surface area contributed by atoms with Crippen LogP contribution in [0, 0.1) is 6.92 Å². The van der Waals surface area contributed by atoms with Gasteiger partial charge in [-0.1, -0.05) is 60.7 Å². The van der Waals surface area contributed by atoms with Gasteiger partial charge in [-0.05, 0) is 48.6 Å². The van der Waals surface area contributed by atoms with Crippen LogP contribution >= 0.6 is 0 Å². The predicted molar refractivity (Wildman–Crippen MR) is 143 cm³/mol. The summed E-state index contributed by atoms with van der Waals surface area (Å²) in [5, 5.41) is 0. The van der Waals surface area contributed by atoms with Gasteiger partial charge < -0.3 is 4.90 Å². The number of ketones is 2. The van der Waals surface area contributed by atoms with Crippen LogP contribution < -0.4 is 4.90 Å². The first-order chi connectivity index (χ1) is 17.6. The Morgan fingerprint density at radius 1 is 0.722 bits per heavy atom. The number of fused-ring (bicyclic) bond motifs is 1. The zero-order valence-corrected chi connectivity index (χ0v) is 21.0. The Bertz CT molecular complexity index is 1270. The van der Waals surface area contributed by atoms with E-state index in [1.165, 1.54) is 24.0 Å². The van der Waals surface area contributed by atoms with E-state index >= 15 is 0 Å². The van der Waals surface area contributed by atoms with Crippen molar-refractivity contribution in [2.45, 2.75) is 31.8 Å². The number of hydrogen-bond donors (Lipinski definition) is 0.